The lowest BCUT2D eigenvalue weighted by Crippen LogP contribution is -2.08. The van der Waals surface area contributed by atoms with Crippen molar-refractivity contribution in [2.45, 2.75) is 26.5 Å². The van der Waals surface area contributed by atoms with Gasteiger partial charge in [-0.05, 0) is 84.3 Å². The maximum absolute atomic E-state index is 13.8. The predicted octanol–water partition coefficient (Wildman–Crippen LogP) is 10.1. The molecule has 0 atom stereocenters. The van der Waals surface area contributed by atoms with Gasteiger partial charge in [-0.2, -0.15) is 5.10 Å². The van der Waals surface area contributed by atoms with Gasteiger partial charge in [-0.1, -0.05) is 66.7 Å². The van der Waals surface area contributed by atoms with Crippen LogP contribution in [0.2, 0.25) is 0 Å². The van der Waals surface area contributed by atoms with E-state index < -0.39 is 0 Å². The molecule has 0 spiro atoms. The van der Waals surface area contributed by atoms with Gasteiger partial charge in [0.1, 0.15) is 36.3 Å². The summed E-state index contributed by atoms with van der Waals surface area (Å²) in [6, 6.07) is 39.7. The van der Waals surface area contributed by atoms with Crippen LogP contribution in [0.4, 0.5) is 4.39 Å². The zero-order valence-electron chi connectivity index (χ0n) is 28.0. The van der Waals surface area contributed by atoms with Gasteiger partial charge < -0.3 is 18.9 Å². The zero-order valence-corrected chi connectivity index (χ0v) is 28.8. The van der Waals surface area contributed by atoms with Crippen LogP contribution >= 0.6 is 11.3 Å². The van der Waals surface area contributed by atoms with Crippen LogP contribution in [-0.4, -0.2) is 29.0 Å². The van der Waals surface area contributed by atoms with Crippen LogP contribution in [0.15, 0.2) is 134 Å². The number of benzene rings is 5. The number of esters is 1. The van der Waals surface area contributed by atoms with Crippen molar-refractivity contribution < 1.29 is 28.1 Å². The largest absolute Gasteiger partial charge is 0.492 e. The summed E-state index contributed by atoms with van der Waals surface area (Å²) in [6.45, 7) is 3.64. The molecule has 0 unspecified atom stereocenters. The first kappa shape index (κ1) is 33.6. The van der Waals surface area contributed by atoms with Crippen LogP contribution in [-0.2, 0) is 29.1 Å². The molecule has 7 aromatic rings. The van der Waals surface area contributed by atoms with Crippen LogP contribution in [0.1, 0.15) is 18.1 Å². The number of fused-ring (bicyclic) bond motifs is 1. The Morgan fingerprint density at radius 3 is 2.25 bits per heavy atom. The molecule has 2 heterocycles. The second kappa shape index (κ2) is 15.7. The molecule has 2 aromatic heterocycles. The van der Waals surface area contributed by atoms with Crippen molar-refractivity contribution in [2.24, 2.45) is 0 Å². The summed E-state index contributed by atoms with van der Waals surface area (Å²) in [5.74, 6) is 2.30. The van der Waals surface area contributed by atoms with E-state index >= 15 is 0 Å². The second-order valence-electron chi connectivity index (χ2n) is 11.8. The summed E-state index contributed by atoms with van der Waals surface area (Å²) in [5.41, 5.74) is 4.67. The van der Waals surface area contributed by atoms with Crippen LogP contribution in [0.3, 0.4) is 0 Å². The fourth-order valence-corrected chi connectivity index (χ4v) is 6.73. The molecule has 0 radical (unpaired) electrons. The summed E-state index contributed by atoms with van der Waals surface area (Å²) >= 11 is 1.58. The van der Waals surface area contributed by atoms with Gasteiger partial charge in [0.25, 0.3) is 0 Å². The molecule has 0 aliphatic carbocycles. The lowest BCUT2D eigenvalue weighted by atomic mass is 10.1. The summed E-state index contributed by atoms with van der Waals surface area (Å²) in [4.78, 5) is 12.7. The number of ether oxygens (including phenoxy) is 4. The molecule has 5 aromatic carbocycles. The van der Waals surface area contributed by atoms with Crippen molar-refractivity contribution in [1.29, 1.82) is 0 Å². The lowest BCUT2D eigenvalue weighted by Gasteiger charge is -2.11. The molecule has 51 heavy (non-hydrogen) atoms. The van der Waals surface area contributed by atoms with Gasteiger partial charge in [-0.25, -0.2) is 4.39 Å². The fraction of sp³-hybridized carbons (Fsp3) is 0.143. The van der Waals surface area contributed by atoms with Gasteiger partial charge in [0.05, 0.1) is 30.1 Å². The molecule has 0 bridgehead atoms. The van der Waals surface area contributed by atoms with Crippen LogP contribution in [0.25, 0.3) is 31.8 Å². The van der Waals surface area contributed by atoms with Crippen LogP contribution in [0.5, 0.6) is 23.0 Å². The molecule has 0 saturated carbocycles. The van der Waals surface area contributed by atoms with E-state index in [0.717, 1.165) is 48.7 Å². The highest BCUT2D eigenvalue weighted by Crippen LogP contribution is 2.47. The standard InChI is InChI=1S/C42H35FN2O5S/c1-2-47-40(46)26-29-8-10-31(11-9-29)38-22-23-45(44-38)24-25-48-34-16-18-35(19-17-34)50-41-37-21-20-36(49-28-30-6-4-3-5-7-30)27-39(37)51-42(41)32-12-14-33(43)15-13-32/h3-23,27H,2,24-26,28H2,1H3. The normalized spacial score (nSPS) is 11.0. The van der Waals surface area contributed by atoms with E-state index in [1.807, 2.05) is 114 Å². The molecule has 0 saturated heterocycles. The average Bonchev–Trinajstić information content (AvgIpc) is 3.77. The summed E-state index contributed by atoms with van der Waals surface area (Å²) in [6.07, 6.45) is 2.17. The number of rotatable bonds is 14. The molecule has 0 fully saturated rings. The van der Waals surface area contributed by atoms with Gasteiger partial charge in [0.2, 0.25) is 0 Å². The van der Waals surface area contributed by atoms with Gasteiger partial charge in [0.15, 0.2) is 5.75 Å². The minimum Gasteiger partial charge on any atom is -0.492 e. The van der Waals surface area contributed by atoms with Gasteiger partial charge in [-0.15, -0.1) is 11.3 Å². The maximum Gasteiger partial charge on any atom is 0.310 e. The first-order valence-electron chi connectivity index (χ1n) is 16.7. The van der Waals surface area contributed by atoms with Crippen molar-refractivity contribution in [3.63, 3.8) is 0 Å². The van der Waals surface area contributed by atoms with Gasteiger partial charge in [0, 0.05) is 21.8 Å². The molecule has 9 heteroatoms. The second-order valence-corrected chi connectivity index (χ2v) is 12.8. The molecular weight excluding hydrogens is 664 g/mol. The predicted molar refractivity (Wildman–Crippen MR) is 198 cm³/mol. The third-order valence-electron chi connectivity index (χ3n) is 8.15. The van der Waals surface area contributed by atoms with E-state index in [0.29, 0.717) is 43.6 Å². The third kappa shape index (κ3) is 8.45. The minimum absolute atomic E-state index is 0.233. The summed E-state index contributed by atoms with van der Waals surface area (Å²) < 4.78 is 40.3. The van der Waals surface area contributed by atoms with Gasteiger partial charge >= 0.3 is 5.97 Å². The molecule has 0 amide bonds. The Morgan fingerprint density at radius 1 is 0.765 bits per heavy atom. The average molecular weight is 699 g/mol. The van der Waals surface area contributed by atoms with E-state index in [4.69, 9.17) is 18.9 Å². The first-order chi connectivity index (χ1) is 25.0. The van der Waals surface area contributed by atoms with Crippen LogP contribution in [0, 0.1) is 5.82 Å². The highest BCUT2D eigenvalue weighted by atomic mass is 32.1. The zero-order chi connectivity index (χ0) is 35.0. The minimum atomic E-state index is -0.291. The first-order valence-corrected chi connectivity index (χ1v) is 17.5. The number of aromatic nitrogens is 2. The Labute approximate surface area is 299 Å². The Bertz CT molecular complexity index is 2210. The summed E-state index contributed by atoms with van der Waals surface area (Å²) in [7, 11) is 0. The van der Waals surface area contributed by atoms with E-state index in [-0.39, 0.29) is 18.2 Å². The van der Waals surface area contributed by atoms with Crippen molar-refractivity contribution in [2.75, 3.05) is 13.2 Å². The summed E-state index contributed by atoms with van der Waals surface area (Å²) in [5, 5.41) is 5.62. The molecule has 256 valence electrons. The third-order valence-corrected chi connectivity index (χ3v) is 9.33. The SMILES string of the molecule is CCOC(=O)Cc1ccc(-c2ccn(CCOc3ccc(Oc4c(-c5ccc(F)cc5)sc5cc(OCc6ccccc6)ccc45)cc3)n2)cc1. The Morgan fingerprint density at radius 2 is 1.49 bits per heavy atom. The number of halogens is 1. The van der Waals surface area contributed by atoms with E-state index in [1.165, 1.54) is 12.1 Å². The number of carbonyl (C=O) groups excluding carboxylic acids is 1. The molecule has 0 aliphatic heterocycles. The number of hydrogen-bond donors (Lipinski definition) is 0. The molecule has 7 rings (SSSR count). The number of carbonyl (C=O) groups is 1. The molecule has 7 nitrogen and oxygen atoms in total. The number of hydrogen-bond acceptors (Lipinski definition) is 7. The van der Waals surface area contributed by atoms with Gasteiger partial charge in [-0.3, -0.25) is 9.48 Å². The Balaban J connectivity index is 0.993. The number of thiophene rings is 1. The number of nitrogens with zero attached hydrogens (tertiary/aromatic N) is 2. The van der Waals surface area contributed by atoms with Crippen molar-refractivity contribution in [1.82, 2.24) is 9.78 Å². The molecular formula is C42H35FN2O5S. The molecule has 0 aliphatic rings. The van der Waals surface area contributed by atoms with E-state index in [1.54, 1.807) is 30.4 Å². The van der Waals surface area contributed by atoms with E-state index in [9.17, 15) is 9.18 Å². The Kier molecular flexibility index (Phi) is 10.4. The van der Waals surface area contributed by atoms with Crippen molar-refractivity contribution in [3.05, 3.63) is 151 Å². The van der Waals surface area contributed by atoms with Crippen molar-refractivity contribution >= 4 is 27.4 Å². The lowest BCUT2D eigenvalue weighted by molar-refractivity contribution is -0.142. The monoisotopic (exact) mass is 698 g/mol. The fourth-order valence-electron chi connectivity index (χ4n) is 5.57. The van der Waals surface area contributed by atoms with E-state index in [2.05, 4.69) is 5.10 Å². The highest BCUT2D eigenvalue weighted by Gasteiger charge is 2.18. The molecule has 0 N–H and O–H groups in total. The highest BCUT2D eigenvalue weighted by molar-refractivity contribution is 7.22. The smallest absolute Gasteiger partial charge is 0.310 e. The quantitative estimate of drug-likeness (QED) is 0.105. The topological polar surface area (TPSA) is 71.8 Å². The van der Waals surface area contributed by atoms with Crippen LogP contribution < -0.4 is 14.2 Å². The van der Waals surface area contributed by atoms with Crippen molar-refractivity contribution in [3.8, 4) is 44.7 Å². The maximum atomic E-state index is 13.8. The Hall–Kier alpha value is -5.93.